The molecule has 0 radical (unpaired) electrons. The molecule has 16 heavy (non-hydrogen) atoms. The second-order valence-electron chi connectivity index (χ2n) is 3.40. The molecular weight excluding hydrogens is 211 g/mol. The fourth-order valence-electron chi connectivity index (χ4n) is 1.38. The maximum Gasteiger partial charge on any atom is 0.338 e. The lowest BCUT2D eigenvalue weighted by molar-refractivity contribution is -0.116. The molecule has 0 heterocycles. The summed E-state index contributed by atoms with van der Waals surface area (Å²) in [4.78, 5) is 22.5. The van der Waals surface area contributed by atoms with E-state index in [2.05, 4.69) is 0 Å². The highest BCUT2D eigenvalue weighted by atomic mass is 19.1. The van der Waals surface area contributed by atoms with Gasteiger partial charge in [0.05, 0.1) is 12.2 Å². The van der Waals surface area contributed by atoms with Crippen molar-refractivity contribution in [2.45, 2.75) is 20.3 Å². The summed E-state index contributed by atoms with van der Waals surface area (Å²) in [5.74, 6) is -1.13. The van der Waals surface area contributed by atoms with Gasteiger partial charge in [0.15, 0.2) is 0 Å². The maximum absolute atomic E-state index is 13.0. The van der Waals surface area contributed by atoms with Gasteiger partial charge < -0.3 is 4.74 Å². The van der Waals surface area contributed by atoms with Crippen molar-refractivity contribution in [3.05, 3.63) is 35.1 Å². The van der Waals surface area contributed by atoms with E-state index >= 15 is 0 Å². The zero-order valence-electron chi connectivity index (χ0n) is 9.25. The standard InChI is InChI=1S/C12H13FO3/c1-3-16-12(15)11-5-4-10(13)7-9(11)6-8(2)14/h4-5,7H,3,6H2,1-2H3. The van der Waals surface area contributed by atoms with Crippen LogP contribution in [0.15, 0.2) is 18.2 Å². The predicted molar refractivity (Wildman–Crippen MR) is 56.7 cm³/mol. The summed E-state index contributed by atoms with van der Waals surface area (Å²) >= 11 is 0. The normalized spacial score (nSPS) is 9.94. The molecule has 1 aromatic rings. The number of carbonyl (C=O) groups is 2. The smallest absolute Gasteiger partial charge is 0.338 e. The molecule has 0 saturated heterocycles. The molecule has 0 aliphatic heterocycles. The first-order chi connectivity index (χ1) is 7.54. The van der Waals surface area contributed by atoms with Crippen molar-refractivity contribution in [3.8, 4) is 0 Å². The quantitative estimate of drug-likeness (QED) is 0.736. The summed E-state index contributed by atoms with van der Waals surface area (Å²) in [6.45, 7) is 3.32. The van der Waals surface area contributed by atoms with E-state index in [4.69, 9.17) is 4.74 Å². The Labute approximate surface area is 93.2 Å². The van der Waals surface area contributed by atoms with Crippen LogP contribution in [0.4, 0.5) is 4.39 Å². The number of Topliss-reactive ketones (excluding diaryl/α,β-unsaturated/α-hetero) is 1. The van der Waals surface area contributed by atoms with Crippen LogP contribution in [0.2, 0.25) is 0 Å². The summed E-state index contributed by atoms with van der Waals surface area (Å²) < 4.78 is 17.8. The highest BCUT2D eigenvalue weighted by Crippen LogP contribution is 2.14. The van der Waals surface area contributed by atoms with E-state index in [1.807, 2.05) is 0 Å². The number of esters is 1. The molecule has 3 nitrogen and oxygen atoms in total. The lowest BCUT2D eigenvalue weighted by Crippen LogP contribution is -2.10. The molecule has 0 aliphatic carbocycles. The van der Waals surface area contributed by atoms with E-state index in [1.165, 1.54) is 25.1 Å². The minimum atomic E-state index is -0.529. The van der Waals surface area contributed by atoms with Gasteiger partial charge in [-0.25, -0.2) is 9.18 Å². The molecule has 0 aromatic heterocycles. The second-order valence-corrected chi connectivity index (χ2v) is 3.40. The molecule has 0 fully saturated rings. The topological polar surface area (TPSA) is 43.4 Å². The molecule has 0 unspecified atom stereocenters. The van der Waals surface area contributed by atoms with E-state index in [-0.39, 0.29) is 24.4 Å². The third kappa shape index (κ3) is 3.15. The number of carbonyl (C=O) groups excluding carboxylic acids is 2. The number of ketones is 1. The first-order valence-electron chi connectivity index (χ1n) is 4.99. The zero-order valence-corrected chi connectivity index (χ0v) is 9.25. The third-order valence-electron chi connectivity index (χ3n) is 2.00. The van der Waals surface area contributed by atoms with Crippen LogP contribution in [0, 0.1) is 5.82 Å². The third-order valence-corrected chi connectivity index (χ3v) is 2.00. The predicted octanol–water partition coefficient (Wildman–Crippen LogP) is 2.13. The van der Waals surface area contributed by atoms with Gasteiger partial charge in [0.25, 0.3) is 0 Å². The highest BCUT2D eigenvalue weighted by molar-refractivity contribution is 5.93. The molecule has 0 N–H and O–H groups in total. The summed E-state index contributed by atoms with van der Waals surface area (Å²) in [5, 5.41) is 0. The average Bonchev–Trinajstić information content (AvgIpc) is 2.16. The zero-order chi connectivity index (χ0) is 12.1. The Morgan fingerprint density at radius 1 is 1.38 bits per heavy atom. The number of ether oxygens (including phenoxy) is 1. The van der Waals surface area contributed by atoms with Crippen LogP contribution in [0.3, 0.4) is 0 Å². The lowest BCUT2D eigenvalue weighted by Gasteiger charge is -2.07. The monoisotopic (exact) mass is 224 g/mol. The molecule has 0 bridgehead atoms. The molecule has 0 amide bonds. The first-order valence-corrected chi connectivity index (χ1v) is 4.99. The Morgan fingerprint density at radius 2 is 2.06 bits per heavy atom. The fourth-order valence-corrected chi connectivity index (χ4v) is 1.38. The van der Waals surface area contributed by atoms with Crippen LogP contribution in [-0.2, 0) is 16.0 Å². The molecule has 86 valence electrons. The van der Waals surface area contributed by atoms with Crippen LogP contribution >= 0.6 is 0 Å². The van der Waals surface area contributed by atoms with Crippen molar-refractivity contribution in [3.63, 3.8) is 0 Å². The Bertz CT molecular complexity index is 413. The van der Waals surface area contributed by atoms with Gasteiger partial charge in [-0.1, -0.05) is 0 Å². The maximum atomic E-state index is 13.0. The van der Waals surface area contributed by atoms with Gasteiger partial charge in [-0.2, -0.15) is 0 Å². The van der Waals surface area contributed by atoms with E-state index in [0.29, 0.717) is 5.56 Å². The van der Waals surface area contributed by atoms with Crippen LogP contribution < -0.4 is 0 Å². The SMILES string of the molecule is CCOC(=O)c1ccc(F)cc1CC(C)=O. The molecule has 4 heteroatoms. The van der Waals surface area contributed by atoms with Gasteiger partial charge in [-0.3, -0.25) is 4.79 Å². The number of hydrogen-bond donors (Lipinski definition) is 0. The summed E-state index contributed by atoms with van der Waals surface area (Å²) in [7, 11) is 0. The second kappa shape index (κ2) is 5.39. The van der Waals surface area contributed by atoms with Gasteiger partial charge in [-0.15, -0.1) is 0 Å². The summed E-state index contributed by atoms with van der Waals surface area (Å²) in [6.07, 6.45) is 0.0336. The summed E-state index contributed by atoms with van der Waals surface area (Å²) in [6, 6.07) is 3.70. The Kier molecular flexibility index (Phi) is 4.17. The molecule has 1 rings (SSSR count). The van der Waals surface area contributed by atoms with Crippen LogP contribution in [0.5, 0.6) is 0 Å². The number of halogens is 1. The molecular formula is C12H13FO3. The Morgan fingerprint density at radius 3 is 2.62 bits per heavy atom. The van der Waals surface area contributed by atoms with E-state index < -0.39 is 11.8 Å². The largest absolute Gasteiger partial charge is 0.462 e. The Balaban J connectivity index is 3.06. The number of benzene rings is 1. The van der Waals surface area contributed by atoms with E-state index in [1.54, 1.807) is 6.92 Å². The first kappa shape index (κ1) is 12.4. The Hall–Kier alpha value is -1.71. The number of hydrogen-bond acceptors (Lipinski definition) is 3. The van der Waals surface area contributed by atoms with Crippen molar-refractivity contribution in [2.75, 3.05) is 6.61 Å². The van der Waals surface area contributed by atoms with E-state index in [0.717, 1.165) is 0 Å². The minimum Gasteiger partial charge on any atom is -0.462 e. The van der Waals surface area contributed by atoms with Gasteiger partial charge in [0.2, 0.25) is 0 Å². The van der Waals surface area contributed by atoms with E-state index in [9.17, 15) is 14.0 Å². The molecule has 0 spiro atoms. The number of rotatable bonds is 4. The lowest BCUT2D eigenvalue weighted by atomic mass is 10.0. The van der Waals surface area contributed by atoms with Crippen LogP contribution in [0.1, 0.15) is 29.8 Å². The van der Waals surface area contributed by atoms with Crippen molar-refractivity contribution in [2.24, 2.45) is 0 Å². The van der Waals surface area contributed by atoms with Crippen LogP contribution in [-0.4, -0.2) is 18.4 Å². The van der Waals surface area contributed by atoms with Gasteiger partial charge in [0.1, 0.15) is 11.6 Å². The highest BCUT2D eigenvalue weighted by Gasteiger charge is 2.14. The minimum absolute atomic E-state index is 0.0336. The summed E-state index contributed by atoms with van der Waals surface area (Å²) in [5.41, 5.74) is 0.615. The molecule has 0 saturated carbocycles. The van der Waals surface area contributed by atoms with Gasteiger partial charge in [-0.05, 0) is 37.6 Å². The van der Waals surface area contributed by atoms with Crippen molar-refractivity contribution >= 4 is 11.8 Å². The molecule has 0 aliphatic rings. The average molecular weight is 224 g/mol. The fraction of sp³-hybridized carbons (Fsp3) is 0.333. The molecule has 1 aromatic carbocycles. The molecule has 0 atom stereocenters. The van der Waals surface area contributed by atoms with Crippen molar-refractivity contribution in [1.82, 2.24) is 0 Å². The van der Waals surface area contributed by atoms with Crippen molar-refractivity contribution in [1.29, 1.82) is 0 Å². The van der Waals surface area contributed by atoms with Crippen LogP contribution in [0.25, 0.3) is 0 Å². The van der Waals surface area contributed by atoms with Gasteiger partial charge >= 0.3 is 5.97 Å². The van der Waals surface area contributed by atoms with Crippen molar-refractivity contribution < 1.29 is 18.7 Å². The van der Waals surface area contributed by atoms with Gasteiger partial charge in [0, 0.05) is 6.42 Å².